The Morgan fingerprint density at radius 2 is 2.50 bits per heavy atom. The lowest BCUT2D eigenvalue weighted by Gasteiger charge is -2.24. The van der Waals surface area contributed by atoms with Crippen LogP contribution in [0, 0.1) is 0 Å². The number of hydrogen-bond acceptors (Lipinski definition) is 3. The van der Waals surface area contributed by atoms with Crippen LogP contribution in [0.5, 0.6) is 0 Å². The third kappa shape index (κ3) is 2.40. The molecule has 0 radical (unpaired) electrons. The Hall–Kier alpha value is -0.190. The minimum Gasteiger partial charge on any atom is -0.392 e. The second-order valence-corrected chi connectivity index (χ2v) is 3.88. The predicted molar refractivity (Wildman–Crippen MR) is 53.1 cm³/mol. The quantitative estimate of drug-likeness (QED) is 0.618. The van der Waals surface area contributed by atoms with Crippen LogP contribution in [0.1, 0.15) is 19.8 Å². The van der Waals surface area contributed by atoms with Crippen molar-refractivity contribution in [1.82, 2.24) is 4.90 Å². The topological polar surface area (TPSA) is 49.5 Å². The monoisotopic (exact) mass is 188 g/mol. The SMILES string of the molecule is CC(O)CN1CCCC1C(N)=S. The third-order valence-corrected chi connectivity index (χ3v) is 2.46. The van der Waals surface area contributed by atoms with Crippen molar-refractivity contribution in [3.8, 4) is 0 Å². The Bertz CT molecular complexity index is 172. The molecule has 2 unspecified atom stereocenters. The van der Waals surface area contributed by atoms with Gasteiger partial charge >= 0.3 is 0 Å². The van der Waals surface area contributed by atoms with Gasteiger partial charge in [0.15, 0.2) is 0 Å². The highest BCUT2D eigenvalue weighted by atomic mass is 32.1. The molecule has 70 valence electrons. The molecule has 1 aliphatic rings. The highest BCUT2D eigenvalue weighted by Gasteiger charge is 2.26. The molecule has 0 aromatic rings. The summed E-state index contributed by atoms with van der Waals surface area (Å²) in [5.41, 5.74) is 5.57. The Morgan fingerprint density at radius 3 is 3.00 bits per heavy atom. The summed E-state index contributed by atoms with van der Waals surface area (Å²) < 4.78 is 0. The fourth-order valence-corrected chi connectivity index (χ4v) is 1.97. The summed E-state index contributed by atoms with van der Waals surface area (Å²) in [4.78, 5) is 2.72. The van der Waals surface area contributed by atoms with Crippen molar-refractivity contribution in [2.24, 2.45) is 5.73 Å². The molecule has 0 amide bonds. The van der Waals surface area contributed by atoms with Crippen molar-refractivity contribution in [2.45, 2.75) is 31.9 Å². The molecule has 0 aromatic heterocycles. The van der Waals surface area contributed by atoms with Gasteiger partial charge in [-0.2, -0.15) is 0 Å². The average Bonchev–Trinajstić information content (AvgIpc) is 2.33. The van der Waals surface area contributed by atoms with Crippen LogP contribution in [0.3, 0.4) is 0 Å². The van der Waals surface area contributed by atoms with Gasteiger partial charge in [-0.3, -0.25) is 4.90 Å². The minimum absolute atomic E-state index is 0.217. The lowest BCUT2D eigenvalue weighted by molar-refractivity contribution is 0.132. The molecule has 1 fully saturated rings. The van der Waals surface area contributed by atoms with Gasteiger partial charge in [-0.1, -0.05) is 12.2 Å². The minimum atomic E-state index is -0.292. The first kappa shape index (κ1) is 9.89. The molecular weight excluding hydrogens is 172 g/mol. The van der Waals surface area contributed by atoms with Crippen LogP contribution in [0.4, 0.5) is 0 Å². The average molecular weight is 188 g/mol. The molecule has 0 spiro atoms. The Labute approximate surface area is 78.5 Å². The molecule has 0 aromatic carbocycles. The van der Waals surface area contributed by atoms with Gasteiger partial charge in [-0.25, -0.2) is 0 Å². The first-order valence-corrected chi connectivity index (χ1v) is 4.73. The van der Waals surface area contributed by atoms with E-state index in [4.69, 9.17) is 18.0 Å². The lowest BCUT2D eigenvalue weighted by atomic mass is 10.2. The van der Waals surface area contributed by atoms with Gasteiger partial charge in [-0.15, -0.1) is 0 Å². The summed E-state index contributed by atoms with van der Waals surface area (Å²) in [7, 11) is 0. The van der Waals surface area contributed by atoms with Gasteiger partial charge < -0.3 is 10.8 Å². The molecule has 1 rings (SSSR count). The summed E-state index contributed by atoms with van der Waals surface area (Å²) >= 11 is 4.94. The number of likely N-dealkylation sites (tertiary alicyclic amines) is 1. The Morgan fingerprint density at radius 1 is 1.83 bits per heavy atom. The number of hydrogen-bond donors (Lipinski definition) is 2. The summed E-state index contributed by atoms with van der Waals surface area (Å²) in [6.45, 7) is 3.48. The van der Waals surface area contributed by atoms with E-state index >= 15 is 0 Å². The molecule has 0 saturated carbocycles. The highest BCUT2D eigenvalue weighted by Crippen LogP contribution is 2.17. The first-order chi connectivity index (χ1) is 5.61. The second kappa shape index (κ2) is 4.16. The zero-order chi connectivity index (χ0) is 9.14. The van der Waals surface area contributed by atoms with Crippen molar-refractivity contribution in [1.29, 1.82) is 0 Å². The van der Waals surface area contributed by atoms with Crippen LogP contribution >= 0.6 is 12.2 Å². The van der Waals surface area contributed by atoms with Crippen LogP contribution < -0.4 is 5.73 Å². The van der Waals surface area contributed by atoms with Gasteiger partial charge in [0.1, 0.15) is 0 Å². The molecule has 1 saturated heterocycles. The van der Waals surface area contributed by atoms with Crippen LogP contribution in [0.25, 0.3) is 0 Å². The number of β-amino-alcohol motifs (C(OH)–C–C–N with tert-alkyl or cyclic N) is 1. The van der Waals surface area contributed by atoms with E-state index in [-0.39, 0.29) is 12.1 Å². The van der Waals surface area contributed by atoms with Gasteiger partial charge in [0.25, 0.3) is 0 Å². The van der Waals surface area contributed by atoms with Crippen molar-refractivity contribution in [3.63, 3.8) is 0 Å². The third-order valence-electron chi connectivity index (χ3n) is 2.19. The van der Waals surface area contributed by atoms with E-state index in [1.54, 1.807) is 6.92 Å². The molecule has 1 aliphatic heterocycles. The number of thiocarbonyl (C=S) groups is 1. The molecule has 3 nitrogen and oxygen atoms in total. The summed E-state index contributed by atoms with van der Waals surface area (Å²) in [5, 5.41) is 9.19. The number of aliphatic hydroxyl groups is 1. The van der Waals surface area contributed by atoms with E-state index < -0.39 is 0 Å². The Kier molecular flexibility index (Phi) is 3.43. The van der Waals surface area contributed by atoms with E-state index in [0.717, 1.165) is 19.4 Å². The van der Waals surface area contributed by atoms with E-state index in [0.29, 0.717) is 11.5 Å². The maximum absolute atomic E-state index is 9.19. The smallest absolute Gasteiger partial charge is 0.0902 e. The standard InChI is InChI=1S/C8H16N2OS/c1-6(11)5-10-4-2-3-7(10)8(9)12/h6-7,11H,2-5H2,1H3,(H2,9,12). The number of rotatable bonds is 3. The second-order valence-electron chi connectivity index (χ2n) is 3.40. The maximum Gasteiger partial charge on any atom is 0.0902 e. The van der Waals surface area contributed by atoms with E-state index in [9.17, 15) is 5.11 Å². The zero-order valence-electron chi connectivity index (χ0n) is 7.36. The van der Waals surface area contributed by atoms with Crippen LogP contribution in [-0.2, 0) is 0 Å². The van der Waals surface area contributed by atoms with Crippen molar-refractivity contribution < 1.29 is 5.11 Å². The first-order valence-electron chi connectivity index (χ1n) is 4.32. The molecular formula is C8H16N2OS. The molecule has 4 heteroatoms. The summed E-state index contributed by atoms with van der Waals surface area (Å²) in [6.07, 6.45) is 1.89. The largest absolute Gasteiger partial charge is 0.392 e. The van der Waals surface area contributed by atoms with E-state index in [1.807, 2.05) is 0 Å². The molecule has 0 bridgehead atoms. The predicted octanol–water partition coefficient (Wildman–Crippen LogP) is 0.118. The zero-order valence-corrected chi connectivity index (χ0v) is 8.18. The number of nitrogens with zero attached hydrogens (tertiary/aromatic N) is 1. The summed E-state index contributed by atoms with van der Waals surface area (Å²) in [5.74, 6) is 0. The fraction of sp³-hybridized carbons (Fsp3) is 0.875. The number of nitrogens with two attached hydrogens (primary N) is 1. The van der Waals surface area contributed by atoms with Crippen LogP contribution in [-0.4, -0.2) is 40.2 Å². The van der Waals surface area contributed by atoms with Gasteiger partial charge in [0.2, 0.25) is 0 Å². The summed E-state index contributed by atoms with van der Waals surface area (Å²) in [6, 6.07) is 0.217. The van der Waals surface area contributed by atoms with Crippen molar-refractivity contribution >= 4 is 17.2 Å². The van der Waals surface area contributed by atoms with E-state index in [1.165, 1.54) is 0 Å². The van der Waals surface area contributed by atoms with Gasteiger partial charge in [-0.05, 0) is 26.3 Å². The molecule has 0 aliphatic carbocycles. The molecule has 3 N–H and O–H groups in total. The molecule has 12 heavy (non-hydrogen) atoms. The van der Waals surface area contributed by atoms with Gasteiger partial charge in [0.05, 0.1) is 17.1 Å². The number of aliphatic hydroxyl groups excluding tert-OH is 1. The van der Waals surface area contributed by atoms with Gasteiger partial charge in [0, 0.05) is 6.54 Å². The maximum atomic E-state index is 9.19. The lowest BCUT2D eigenvalue weighted by Crippen LogP contribution is -2.42. The van der Waals surface area contributed by atoms with Crippen LogP contribution in [0.15, 0.2) is 0 Å². The van der Waals surface area contributed by atoms with E-state index in [2.05, 4.69) is 4.90 Å². The van der Waals surface area contributed by atoms with Crippen molar-refractivity contribution in [2.75, 3.05) is 13.1 Å². The molecule has 1 heterocycles. The fourth-order valence-electron chi connectivity index (χ4n) is 1.71. The van der Waals surface area contributed by atoms with Crippen LogP contribution in [0.2, 0.25) is 0 Å². The Balaban J connectivity index is 2.46. The highest BCUT2D eigenvalue weighted by molar-refractivity contribution is 7.80. The van der Waals surface area contributed by atoms with Crippen molar-refractivity contribution in [3.05, 3.63) is 0 Å². The molecule has 2 atom stereocenters. The normalized spacial score (nSPS) is 27.3.